The van der Waals surface area contributed by atoms with Gasteiger partial charge in [0.1, 0.15) is 0 Å². The van der Waals surface area contributed by atoms with Gasteiger partial charge in [-0.25, -0.2) is 4.98 Å². The number of hydrogen-bond acceptors (Lipinski definition) is 3. The Hall–Kier alpha value is -0.580. The number of nitrogens with zero attached hydrogens (tertiary/aromatic N) is 1. The summed E-state index contributed by atoms with van der Waals surface area (Å²) in [6.07, 6.45) is -4.14. The standard InChI is InChI=1S/C8H4BrF3INO3/c9-5-3(1-4(15)16)2-14-7(6(5)13)17-8(10,11)12/h2H,1H2,(H,15,16). The highest BCUT2D eigenvalue weighted by molar-refractivity contribution is 14.1. The Bertz CT molecular complexity index is 452. The van der Waals surface area contributed by atoms with Gasteiger partial charge in [-0.2, -0.15) is 0 Å². The lowest BCUT2D eigenvalue weighted by Crippen LogP contribution is -2.19. The van der Waals surface area contributed by atoms with Crippen LogP contribution < -0.4 is 4.74 Å². The number of carbonyl (C=O) groups is 1. The van der Waals surface area contributed by atoms with Gasteiger partial charge in [-0.3, -0.25) is 4.79 Å². The number of carboxylic acid groups (broad SMARTS) is 1. The summed E-state index contributed by atoms with van der Waals surface area (Å²) in [5.74, 6) is -1.72. The molecule has 0 radical (unpaired) electrons. The highest BCUT2D eigenvalue weighted by atomic mass is 127. The summed E-state index contributed by atoms with van der Waals surface area (Å²) < 4.78 is 39.9. The Kier molecular flexibility index (Phi) is 4.58. The van der Waals surface area contributed by atoms with Crippen molar-refractivity contribution in [2.24, 2.45) is 0 Å². The van der Waals surface area contributed by atoms with Crippen LogP contribution in [0, 0.1) is 3.57 Å². The van der Waals surface area contributed by atoms with Gasteiger partial charge in [0.2, 0.25) is 5.88 Å². The predicted molar refractivity (Wildman–Crippen MR) is 62.7 cm³/mol. The van der Waals surface area contributed by atoms with E-state index in [4.69, 9.17) is 5.11 Å². The van der Waals surface area contributed by atoms with Crippen LogP contribution in [0.5, 0.6) is 5.88 Å². The average molecular weight is 426 g/mol. The van der Waals surface area contributed by atoms with Gasteiger partial charge in [-0.15, -0.1) is 13.2 Å². The number of hydrogen-bond donors (Lipinski definition) is 1. The second kappa shape index (κ2) is 5.38. The molecule has 0 bridgehead atoms. The molecule has 0 fully saturated rings. The van der Waals surface area contributed by atoms with Crippen molar-refractivity contribution in [1.82, 2.24) is 4.98 Å². The molecule has 9 heteroatoms. The molecule has 17 heavy (non-hydrogen) atoms. The molecule has 94 valence electrons. The van der Waals surface area contributed by atoms with Gasteiger partial charge in [0.25, 0.3) is 0 Å². The largest absolute Gasteiger partial charge is 0.574 e. The number of pyridine rings is 1. The highest BCUT2D eigenvalue weighted by Crippen LogP contribution is 2.32. The zero-order valence-electron chi connectivity index (χ0n) is 7.89. The number of aliphatic carboxylic acids is 1. The molecule has 0 saturated heterocycles. The summed E-state index contributed by atoms with van der Waals surface area (Å²) in [6, 6.07) is 0. The minimum atomic E-state index is -4.83. The molecule has 0 aliphatic carbocycles. The van der Waals surface area contributed by atoms with E-state index in [1.54, 1.807) is 22.6 Å². The molecule has 1 N–H and O–H groups in total. The quantitative estimate of drug-likeness (QED) is 0.756. The van der Waals surface area contributed by atoms with Crippen LogP contribution in [0.1, 0.15) is 5.56 Å². The first-order chi connectivity index (χ1) is 7.70. The van der Waals surface area contributed by atoms with Crippen molar-refractivity contribution in [2.45, 2.75) is 12.8 Å². The molecule has 0 spiro atoms. The molecule has 1 aromatic rings. The number of carboxylic acids is 1. The molecule has 0 aromatic carbocycles. The average Bonchev–Trinajstić information content (AvgIpc) is 2.15. The fourth-order valence-corrected chi connectivity index (χ4v) is 1.96. The Morgan fingerprint density at radius 1 is 1.59 bits per heavy atom. The van der Waals surface area contributed by atoms with Crippen molar-refractivity contribution in [3.8, 4) is 5.88 Å². The molecule has 0 saturated carbocycles. The van der Waals surface area contributed by atoms with Crippen LogP contribution in [-0.2, 0) is 11.2 Å². The summed E-state index contributed by atoms with van der Waals surface area (Å²) in [6.45, 7) is 0. The molecule has 0 aliphatic heterocycles. The van der Waals surface area contributed by atoms with E-state index in [1.165, 1.54) is 0 Å². The maximum absolute atomic E-state index is 12.0. The maximum Gasteiger partial charge on any atom is 0.574 e. The summed E-state index contributed by atoms with van der Waals surface area (Å²) >= 11 is 4.60. The van der Waals surface area contributed by atoms with Gasteiger partial charge in [0, 0.05) is 10.7 Å². The van der Waals surface area contributed by atoms with Crippen LogP contribution in [0.4, 0.5) is 13.2 Å². The number of aromatic nitrogens is 1. The van der Waals surface area contributed by atoms with Crippen LogP contribution >= 0.6 is 38.5 Å². The van der Waals surface area contributed by atoms with Crippen molar-refractivity contribution in [2.75, 3.05) is 0 Å². The zero-order valence-corrected chi connectivity index (χ0v) is 11.6. The summed E-state index contributed by atoms with van der Waals surface area (Å²) in [5.41, 5.74) is 0.274. The molecule has 1 heterocycles. The third-order valence-corrected chi connectivity index (χ3v) is 4.20. The topological polar surface area (TPSA) is 59.4 Å². The van der Waals surface area contributed by atoms with E-state index in [0.29, 0.717) is 0 Å². The molecule has 0 unspecified atom stereocenters. The zero-order chi connectivity index (χ0) is 13.2. The van der Waals surface area contributed by atoms with Crippen molar-refractivity contribution >= 4 is 44.5 Å². The Balaban J connectivity index is 3.06. The van der Waals surface area contributed by atoms with Crippen molar-refractivity contribution in [3.63, 3.8) is 0 Å². The molecule has 0 atom stereocenters. The van der Waals surface area contributed by atoms with Gasteiger partial charge >= 0.3 is 12.3 Å². The third kappa shape index (κ3) is 4.30. The second-order valence-electron chi connectivity index (χ2n) is 2.83. The number of rotatable bonds is 3. The first-order valence-electron chi connectivity index (χ1n) is 4.01. The van der Waals surface area contributed by atoms with Crippen LogP contribution in [0.25, 0.3) is 0 Å². The van der Waals surface area contributed by atoms with E-state index >= 15 is 0 Å². The smallest absolute Gasteiger partial charge is 0.481 e. The van der Waals surface area contributed by atoms with E-state index in [0.717, 1.165) is 6.20 Å². The normalized spacial score (nSPS) is 11.4. The Morgan fingerprint density at radius 2 is 2.18 bits per heavy atom. The molecule has 4 nitrogen and oxygen atoms in total. The Morgan fingerprint density at radius 3 is 2.65 bits per heavy atom. The number of halogens is 5. The van der Waals surface area contributed by atoms with Crippen LogP contribution in [0.2, 0.25) is 0 Å². The van der Waals surface area contributed by atoms with Crippen molar-refractivity contribution < 1.29 is 27.8 Å². The summed E-state index contributed by atoms with van der Waals surface area (Å²) in [4.78, 5) is 13.9. The van der Waals surface area contributed by atoms with Gasteiger partial charge in [-0.05, 0) is 44.1 Å². The molecule has 1 rings (SSSR count). The molecule has 0 amide bonds. The minimum absolute atomic E-state index is 0.0682. The fourth-order valence-electron chi connectivity index (χ4n) is 0.952. The lowest BCUT2D eigenvalue weighted by Gasteiger charge is -2.11. The molecular formula is C8H4BrF3INO3. The van der Waals surface area contributed by atoms with Gasteiger partial charge < -0.3 is 9.84 Å². The monoisotopic (exact) mass is 425 g/mol. The first kappa shape index (κ1) is 14.5. The minimum Gasteiger partial charge on any atom is -0.481 e. The highest BCUT2D eigenvalue weighted by Gasteiger charge is 2.33. The summed E-state index contributed by atoms with van der Waals surface area (Å²) in [7, 11) is 0. The van der Waals surface area contributed by atoms with E-state index in [2.05, 4.69) is 25.7 Å². The SMILES string of the molecule is O=C(O)Cc1cnc(OC(F)(F)F)c(I)c1Br. The van der Waals surface area contributed by atoms with Crippen LogP contribution in [0.3, 0.4) is 0 Å². The third-order valence-electron chi connectivity index (χ3n) is 1.55. The number of alkyl halides is 3. The fraction of sp³-hybridized carbons (Fsp3) is 0.250. The predicted octanol–water partition coefficient (Wildman–Crippen LogP) is 2.97. The number of ether oxygens (including phenoxy) is 1. The second-order valence-corrected chi connectivity index (χ2v) is 4.71. The lowest BCUT2D eigenvalue weighted by molar-refractivity contribution is -0.276. The molecule has 0 aliphatic rings. The van der Waals surface area contributed by atoms with Crippen molar-refractivity contribution in [1.29, 1.82) is 0 Å². The van der Waals surface area contributed by atoms with E-state index in [9.17, 15) is 18.0 Å². The van der Waals surface area contributed by atoms with E-state index < -0.39 is 18.2 Å². The van der Waals surface area contributed by atoms with Gasteiger partial charge in [0.15, 0.2) is 0 Å². The van der Waals surface area contributed by atoms with Crippen LogP contribution in [-0.4, -0.2) is 22.4 Å². The van der Waals surface area contributed by atoms with E-state index in [1.807, 2.05) is 0 Å². The first-order valence-corrected chi connectivity index (χ1v) is 5.88. The Labute approximate surface area is 115 Å². The van der Waals surface area contributed by atoms with Gasteiger partial charge in [0.05, 0.1) is 9.99 Å². The van der Waals surface area contributed by atoms with E-state index in [-0.39, 0.29) is 20.0 Å². The van der Waals surface area contributed by atoms with Gasteiger partial charge in [-0.1, -0.05) is 0 Å². The molecular weight excluding hydrogens is 422 g/mol. The van der Waals surface area contributed by atoms with Crippen molar-refractivity contribution in [3.05, 3.63) is 19.8 Å². The van der Waals surface area contributed by atoms with Crippen LogP contribution in [0.15, 0.2) is 10.7 Å². The lowest BCUT2D eigenvalue weighted by atomic mass is 10.2. The maximum atomic E-state index is 12.0. The summed E-state index contributed by atoms with van der Waals surface area (Å²) in [5, 5.41) is 8.58. The molecule has 1 aromatic heterocycles.